The Hall–Kier alpha value is -0.280. The van der Waals surface area contributed by atoms with Gasteiger partial charge in [-0.3, -0.25) is 0 Å². The molecular weight excluding hydrogens is 233 g/mol. The van der Waals surface area contributed by atoms with Crippen LogP contribution in [0.25, 0.3) is 0 Å². The van der Waals surface area contributed by atoms with Crippen LogP contribution in [-0.2, 0) is 11.8 Å². The first-order valence-electron chi connectivity index (χ1n) is 4.70. The van der Waals surface area contributed by atoms with E-state index in [1.807, 2.05) is 20.8 Å². The van der Waals surface area contributed by atoms with E-state index in [0.717, 1.165) is 5.06 Å². The third kappa shape index (κ3) is 3.35. The lowest BCUT2D eigenvalue weighted by atomic mass is 10.1. The number of hydrogen-bond donors (Lipinski definition) is 0. The van der Waals surface area contributed by atoms with Crippen LogP contribution in [0.5, 0.6) is 0 Å². The monoisotopic (exact) mass is 246 g/mol. The molecule has 0 heterocycles. The Morgan fingerprint density at radius 3 is 2.07 bits per heavy atom. The quantitative estimate of drug-likeness (QED) is 0.726. The van der Waals surface area contributed by atoms with Crippen molar-refractivity contribution in [3.8, 4) is 0 Å². The number of halogens is 2. The molecule has 0 spiro atoms. The van der Waals surface area contributed by atoms with E-state index in [4.69, 9.17) is 23.2 Å². The molecular formula is C11H14Cl2NO. The van der Waals surface area contributed by atoms with Gasteiger partial charge in [-0.05, 0) is 32.9 Å². The molecule has 0 bridgehead atoms. The Morgan fingerprint density at radius 1 is 1.20 bits per heavy atom. The highest BCUT2D eigenvalue weighted by Crippen LogP contribution is 2.27. The van der Waals surface area contributed by atoms with Crippen molar-refractivity contribution in [1.29, 1.82) is 0 Å². The minimum Gasteiger partial charge on any atom is -0.145 e. The molecule has 0 aliphatic rings. The highest BCUT2D eigenvalue weighted by molar-refractivity contribution is 6.35. The average Bonchev–Trinajstić information content (AvgIpc) is 2.09. The van der Waals surface area contributed by atoms with Crippen LogP contribution in [-0.4, -0.2) is 10.6 Å². The summed E-state index contributed by atoms with van der Waals surface area (Å²) in [6.45, 7) is 5.77. The Bertz CT molecular complexity index is 327. The second kappa shape index (κ2) is 4.71. The van der Waals surface area contributed by atoms with Crippen LogP contribution in [0, 0.1) is 0 Å². The van der Waals surface area contributed by atoms with Gasteiger partial charge in [-0.15, -0.1) is 10.3 Å². The topological polar surface area (TPSA) is 23.1 Å². The summed E-state index contributed by atoms with van der Waals surface area (Å²) in [5.41, 5.74) is 0.244. The van der Waals surface area contributed by atoms with Crippen LogP contribution in [0.3, 0.4) is 0 Å². The van der Waals surface area contributed by atoms with Crippen molar-refractivity contribution in [2.45, 2.75) is 32.9 Å². The summed E-state index contributed by atoms with van der Waals surface area (Å²) < 4.78 is 0. The zero-order chi connectivity index (χ0) is 11.6. The first-order valence-corrected chi connectivity index (χ1v) is 5.45. The summed E-state index contributed by atoms with van der Waals surface area (Å²) in [5, 5.41) is 13.8. The van der Waals surface area contributed by atoms with E-state index in [2.05, 4.69) is 0 Å². The van der Waals surface area contributed by atoms with Gasteiger partial charge in [0.15, 0.2) is 0 Å². The molecule has 0 saturated carbocycles. The molecule has 0 unspecified atom stereocenters. The fourth-order valence-electron chi connectivity index (χ4n) is 1.06. The number of hydroxylamine groups is 2. The molecule has 0 N–H and O–H groups in total. The Morgan fingerprint density at radius 2 is 1.67 bits per heavy atom. The third-order valence-electron chi connectivity index (χ3n) is 2.11. The first-order chi connectivity index (χ1) is 6.82. The van der Waals surface area contributed by atoms with Gasteiger partial charge < -0.3 is 0 Å². The van der Waals surface area contributed by atoms with E-state index >= 15 is 0 Å². The molecule has 15 heavy (non-hydrogen) atoms. The van der Waals surface area contributed by atoms with Gasteiger partial charge in [-0.25, -0.2) is 0 Å². The lowest BCUT2D eigenvalue weighted by molar-refractivity contribution is -0.219. The molecule has 1 rings (SSSR count). The van der Waals surface area contributed by atoms with Crippen LogP contribution in [0.1, 0.15) is 26.3 Å². The smallest absolute Gasteiger partial charge is 0.0557 e. The molecule has 4 heteroatoms. The Kier molecular flexibility index (Phi) is 4.01. The van der Waals surface area contributed by atoms with Crippen molar-refractivity contribution in [2.75, 3.05) is 0 Å². The minimum atomic E-state index is -0.442. The predicted molar refractivity (Wildman–Crippen MR) is 62.4 cm³/mol. The summed E-state index contributed by atoms with van der Waals surface area (Å²) in [7, 11) is 0. The molecule has 1 aromatic rings. The van der Waals surface area contributed by atoms with Crippen LogP contribution < -0.4 is 0 Å². The van der Waals surface area contributed by atoms with Crippen LogP contribution in [0.2, 0.25) is 10.0 Å². The lowest BCUT2D eigenvalue weighted by Gasteiger charge is -2.27. The van der Waals surface area contributed by atoms with Crippen molar-refractivity contribution < 1.29 is 5.21 Å². The second-order valence-electron chi connectivity index (χ2n) is 4.41. The summed E-state index contributed by atoms with van der Waals surface area (Å²) in [4.78, 5) is 0. The van der Waals surface area contributed by atoms with E-state index in [9.17, 15) is 5.21 Å². The summed E-state index contributed by atoms with van der Waals surface area (Å²) in [5.74, 6) is 0. The van der Waals surface area contributed by atoms with Gasteiger partial charge >= 0.3 is 0 Å². The van der Waals surface area contributed by atoms with Gasteiger partial charge in [-0.1, -0.05) is 29.3 Å². The highest BCUT2D eigenvalue weighted by Gasteiger charge is 2.22. The molecule has 0 aliphatic heterocycles. The minimum absolute atomic E-state index is 0.210. The zero-order valence-corrected chi connectivity index (χ0v) is 10.6. The van der Waals surface area contributed by atoms with E-state index in [0.29, 0.717) is 15.6 Å². The summed E-state index contributed by atoms with van der Waals surface area (Å²) in [6, 6.07) is 5.24. The number of rotatable bonds is 2. The van der Waals surface area contributed by atoms with Gasteiger partial charge in [0.25, 0.3) is 0 Å². The van der Waals surface area contributed by atoms with Crippen molar-refractivity contribution in [3.63, 3.8) is 0 Å². The van der Waals surface area contributed by atoms with Crippen molar-refractivity contribution >= 4 is 23.2 Å². The normalized spacial score (nSPS) is 12.2. The molecule has 1 aromatic carbocycles. The molecule has 1 radical (unpaired) electrons. The Labute approximate surface area is 100 Å². The predicted octanol–water partition coefficient (Wildman–Crippen LogP) is 3.94. The van der Waals surface area contributed by atoms with Gasteiger partial charge in [0, 0.05) is 21.1 Å². The van der Waals surface area contributed by atoms with E-state index < -0.39 is 5.54 Å². The lowest BCUT2D eigenvalue weighted by Crippen LogP contribution is -2.36. The third-order valence-corrected chi connectivity index (χ3v) is 2.82. The van der Waals surface area contributed by atoms with E-state index in [-0.39, 0.29) is 6.54 Å². The average molecular weight is 247 g/mol. The first kappa shape index (κ1) is 12.8. The fourth-order valence-corrected chi connectivity index (χ4v) is 1.58. The molecule has 0 amide bonds. The zero-order valence-electron chi connectivity index (χ0n) is 9.05. The van der Waals surface area contributed by atoms with E-state index in [1.54, 1.807) is 18.2 Å². The number of nitrogens with zero attached hydrogens (tertiary/aromatic N) is 1. The summed E-state index contributed by atoms with van der Waals surface area (Å²) >= 11 is 11.9. The largest absolute Gasteiger partial charge is 0.145 e. The molecule has 0 atom stereocenters. The Balaban J connectivity index is 2.90. The van der Waals surface area contributed by atoms with Crippen molar-refractivity contribution in [1.82, 2.24) is 5.06 Å². The molecule has 2 nitrogen and oxygen atoms in total. The molecule has 0 saturated heterocycles. The second-order valence-corrected chi connectivity index (χ2v) is 5.22. The summed E-state index contributed by atoms with van der Waals surface area (Å²) in [6.07, 6.45) is 0. The maximum Gasteiger partial charge on any atom is 0.0557 e. The molecule has 0 aliphatic carbocycles. The van der Waals surface area contributed by atoms with Crippen LogP contribution in [0.15, 0.2) is 18.2 Å². The van der Waals surface area contributed by atoms with E-state index in [1.165, 1.54) is 0 Å². The molecule has 0 aromatic heterocycles. The number of hydrogen-bond acceptors (Lipinski definition) is 1. The van der Waals surface area contributed by atoms with Crippen LogP contribution in [0.4, 0.5) is 0 Å². The highest BCUT2D eigenvalue weighted by atomic mass is 35.5. The van der Waals surface area contributed by atoms with Gasteiger partial charge in [-0.2, -0.15) is 0 Å². The number of benzene rings is 1. The molecule has 0 fully saturated rings. The van der Waals surface area contributed by atoms with Gasteiger partial charge in [0.2, 0.25) is 0 Å². The molecule has 83 valence electrons. The van der Waals surface area contributed by atoms with Crippen molar-refractivity contribution in [2.24, 2.45) is 0 Å². The van der Waals surface area contributed by atoms with Gasteiger partial charge in [0.05, 0.1) is 6.54 Å². The SMILES string of the molecule is CC(C)(C)N([O])Cc1c(Cl)cccc1Cl. The maximum atomic E-state index is 11.7. The fraction of sp³-hybridized carbons (Fsp3) is 0.455. The van der Waals surface area contributed by atoms with Crippen LogP contribution >= 0.6 is 23.2 Å². The standard InChI is InChI=1S/C11H14Cl2NO/c1-11(2,3)14(15)7-8-9(12)5-4-6-10(8)13/h4-6H,7H2,1-3H3. The van der Waals surface area contributed by atoms with Gasteiger partial charge in [0.1, 0.15) is 0 Å². The maximum absolute atomic E-state index is 11.7. The van der Waals surface area contributed by atoms with Crippen molar-refractivity contribution in [3.05, 3.63) is 33.8 Å².